The molecule has 0 atom stereocenters. The van der Waals surface area contributed by atoms with Gasteiger partial charge in [-0.2, -0.15) is 0 Å². The Hall–Kier alpha value is -1.75. The molecule has 5 nitrogen and oxygen atoms in total. The molecule has 1 aliphatic heterocycles. The molecule has 1 aromatic carbocycles. The van der Waals surface area contributed by atoms with Crippen molar-refractivity contribution in [3.63, 3.8) is 0 Å². The highest BCUT2D eigenvalue weighted by atomic mass is 16.5. The molecule has 20 heavy (non-hydrogen) atoms. The van der Waals surface area contributed by atoms with Crippen molar-refractivity contribution in [3.8, 4) is 5.75 Å². The summed E-state index contributed by atoms with van der Waals surface area (Å²) in [4.78, 5) is 14.5. The maximum absolute atomic E-state index is 12.8. The number of amides is 1. The number of aliphatic hydroxyl groups excluding tert-OH is 1. The Balaban J connectivity index is 2.47. The van der Waals surface area contributed by atoms with Gasteiger partial charge in [0, 0.05) is 24.9 Å². The van der Waals surface area contributed by atoms with Crippen LogP contribution in [0.1, 0.15) is 33.1 Å². The van der Waals surface area contributed by atoms with Gasteiger partial charge in [-0.1, -0.05) is 13.8 Å². The lowest BCUT2D eigenvalue weighted by atomic mass is 9.92. The van der Waals surface area contributed by atoms with Gasteiger partial charge in [0.25, 0.3) is 5.91 Å². The van der Waals surface area contributed by atoms with Crippen LogP contribution in [0.5, 0.6) is 5.75 Å². The van der Waals surface area contributed by atoms with Crippen molar-refractivity contribution in [1.29, 1.82) is 0 Å². The highest BCUT2D eigenvalue weighted by Crippen LogP contribution is 2.41. The van der Waals surface area contributed by atoms with Crippen LogP contribution in [0.2, 0.25) is 0 Å². The van der Waals surface area contributed by atoms with Crippen LogP contribution < -0.4 is 15.4 Å². The van der Waals surface area contributed by atoms with E-state index >= 15 is 0 Å². The van der Waals surface area contributed by atoms with Gasteiger partial charge in [-0.05, 0) is 31.4 Å². The first-order valence-electron chi connectivity index (χ1n) is 7.09. The van der Waals surface area contributed by atoms with Crippen molar-refractivity contribution >= 4 is 17.3 Å². The Morgan fingerprint density at radius 1 is 1.35 bits per heavy atom. The first-order chi connectivity index (χ1) is 9.57. The van der Waals surface area contributed by atoms with E-state index in [1.54, 1.807) is 23.1 Å². The second kappa shape index (κ2) is 5.71. The number of hydrogen-bond donors (Lipinski definition) is 2. The maximum Gasteiger partial charge on any atom is 0.271 e. The van der Waals surface area contributed by atoms with Crippen molar-refractivity contribution in [3.05, 3.63) is 18.2 Å². The second-order valence-electron chi connectivity index (χ2n) is 5.06. The number of nitrogen functional groups attached to an aromatic ring is 1. The summed E-state index contributed by atoms with van der Waals surface area (Å²) in [5.41, 5.74) is 6.33. The van der Waals surface area contributed by atoms with E-state index < -0.39 is 5.60 Å². The van der Waals surface area contributed by atoms with E-state index in [2.05, 4.69) is 0 Å². The predicted molar refractivity (Wildman–Crippen MR) is 78.9 cm³/mol. The summed E-state index contributed by atoms with van der Waals surface area (Å²) in [6, 6.07) is 5.31. The van der Waals surface area contributed by atoms with Crippen molar-refractivity contribution in [2.75, 3.05) is 23.8 Å². The van der Waals surface area contributed by atoms with Gasteiger partial charge in [-0.3, -0.25) is 4.79 Å². The number of nitrogens with zero attached hydrogens (tertiary/aromatic N) is 1. The first kappa shape index (κ1) is 14.7. The van der Waals surface area contributed by atoms with Gasteiger partial charge in [0.05, 0.1) is 5.69 Å². The van der Waals surface area contributed by atoms with Gasteiger partial charge in [0.2, 0.25) is 0 Å². The highest BCUT2D eigenvalue weighted by Gasteiger charge is 2.45. The van der Waals surface area contributed by atoms with Crippen LogP contribution in [0.3, 0.4) is 0 Å². The summed E-state index contributed by atoms with van der Waals surface area (Å²) in [5.74, 6) is 0.611. The van der Waals surface area contributed by atoms with Gasteiger partial charge < -0.3 is 20.5 Å². The fourth-order valence-corrected chi connectivity index (χ4v) is 2.59. The van der Waals surface area contributed by atoms with Crippen LogP contribution in [0, 0.1) is 0 Å². The lowest BCUT2D eigenvalue weighted by Gasteiger charge is -2.42. The van der Waals surface area contributed by atoms with Gasteiger partial charge in [0.1, 0.15) is 5.75 Å². The molecule has 0 bridgehead atoms. The molecule has 1 aliphatic rings. The van der Waals surface area contributed by atoms with Crippen molar-refractivity contribution < 1.29 is 14.6 Å². The number of anilines is 2. The molecule has 0 fully saturated rings. The SMILES string of the molecule is CCC1(CC)Oc2cc(N)ccc2N(CCCO)C1=O. The number of aliphatic hydroxyl groups is 1. The Bertz CT molecular complexity index is 498. The van der Waals surface area contributed by atoms with Crippen LogP contribution in [0.4, 0.5) is 11.4 Å². The third kappa shape index (κ3) is 2.33. The average Bonchev–Trinajstić information content (AvgIpc) is 2.46. The molecule has 1 heterocycles. The standard InChI is InChI=1S/C15H22N2O3/c1-3-15(4-2)14(19)17(8-5-9-18)12-7-6-11(16)10-13(12)20-15/h6-7,10,18H,3-5,8-9,16H2,1-2H3. The lowest BCUT2D eigenvalue weighted by molar-refractivity contribution is -0.136. The monoisotopic (exact) mass is 278 g/mol. The topological polar surface area (TPSA) is 75.8 Å². The third-order valence-corrected chi connectivity index (χ3v) is 3.90. The van der Waals surface area contributed by atoms with Crippen molar-refractivity contribution in [2.45, 2.75) is 38.7 Å². The molecule has 110 valence electrons. The number of nitrogens with two attached hydrogens (primary N) is 1. The number of carbonyl (C=O) groups excluding carboxylic acids is 1. The molecule has 0 radical (unpaired) electrons. The normalized spacial score (nSPS) is 16.8. The van der Waals surface area contributed by atoms with E-state index in [4.69, 9.17) is 15.6 Å². The largest absolute Gasteiger partial charge is 0.475 e. The summed E-state index contributed by atoms with van der Waals surface area (Å²) in [6.07, 6.45) is 1.75. The minimum atomic E-state index is -0.823. The Labute approximate surface area is 119 Å². The number of hydrogen-bond acceptors (Lipinski definition) is 4. The van der Waals surface area contributed by atoms with E-state index in [1.807, 2.05) is 13.8 Å². The molecule has 5 heteroatoms. The summed E-state index contributed by atoms with van der Waals surface area (Å²) < 4.78 is 5.99. The van der Waals surface area contributed by atoms with E-state index in [0.29, 0.717) is 37.2 Å². The molecule has 0 spiro atoms. The quantitative estimate of drug-likeness (QED) is 0.807. The van der Waals surface area contributed by atoms with Gasteiger partial charge >= 0.3 is 0 Å². The summed E-state index contributed by atoms with van der Waals surface area (Å²) in [7, 11) is 0. The zero-order chi connectivity index (χ0) is 14.8. The van der Waals surface area contributed by atoms with Crippen LogP contribution >= 0.6 is 0 Å². The average molecular weight is 278 g/mol. The van der Waals surface area contributed by atoms with Gasteiger partial charge in [-0.25, -0.2) is 0 Å². The number of carbonyl (C=O) groups is 1. The van der Waals surface area contributed by atoms with Crippen LogP contribution in [0.25, 0.3) is 0 Å². The number of benzene rings is 1. The van der Waals surface area contributed by atoms with Crippen LogP contribution in [0.15, 0.2) is 18.2 Å². The first-order valence-corrected chi connectivity index (χ1v) is 7.09. The highest BCUT2D eigenvalue weighted by molar-refractivity contribution is 6.03. The molecule has 1 aromatic rings. The zero-order valence-electron chi connectivity index (χ0n) is 12.1. The third-order valence-electron chi connectivity index (χ3n) is 3.90. The molecule has 0 saturated carbocycles. The predicted octanol–water partition coefficient (Wildman–Crippen LogP) is 1.94. The van der Waals surface area contributed by atoms with E-state index in [9.17, 15) is 4.79 Å². The maximum atomic E-state index is 12.8. The Morgan fingerprint density at radius 3 is 2.65 bits per heavy atom. The molecular formula is C15H22N2O3. The smallest absolute Gasteiger partial charge is 0.271 e. The molecule has 0 aliphatic carbocycles. The lowest BCUT2D eigenvalue weighted by Crippen LogP contribution is -2.55. The molecule has 0 saturated heterocycles. The number of fused-ring (bicyclic) bond motifs is 1. The molecule has 0 aromatic heterocycles. The Kier molecular flexibility index (Phi) is 4.18. The molecule has 0 unspecified atom stereocenters. The molecule has 2 rings (SSSR count). The molecular weight excluding hydrogens is 256 g/mol. The molecule has 3 N–H and O–H groups in total. The summed E-state index contributed by atoms with van der Waals surface area (Å²) in [5, 5.41) is 9.03. The minimum Gasteiger partial charge on any atom is -0.475 e. The van der Waals surface area contributed by atoms with E-state index in [1.165, 1.54) is 0 Å². The van der Waals surface area contributed by atoms with Gasteiger partial charge in [0.15, 0.2) is 5.60 Å². The second-order valence-corrected chi connectivity index (χ2v) is 5.06. The van der Waals surface area contributed by atoms with Gasteiger partial charge in [-0.15, -0.1) is 0 Å². The van der Waals surface area contributed by atoms with Crippen molar-refractivity contribution in [2.24, 2.45) is 0 Å². The summed E-state index contributed by atoms with van der Waals surface area (Å²) >= 11 is 0. The van der Waals surface area contributed by atoms with E-state index in [0.717, 1.165) is 5.69 Å². The number of ether oxygens (including phenoxy) is 1. The zero-order valence-corrected chi connectivity index (χ0v) is 12.1. The van der Waals surface area contributed by atoms with Crippen molar-refractivity contribution in [1.82, 2.24) is 0 Å². The summed E-state index contributed by atoms with van der Waals surface area (Å²) in [6.45, 7) is 4.43. The fraction of sp³-hybridized carbons (Fsp3) is 0.533. The van der Waals surface area contributed by atoms with E-state index in [-0.39, 0.29) is 12.5 Å². The molecule has 1 amide bonds. The minimum absolute atomic E-state index is 0.0341. The van der Waals surface area contributed by atoms with Crippen LogP contribution in [-0.2, 0) is 4.79 Å². The Morgan fingerprint density at radius 2 is 2.05 bits per heavy atom. The fourth-order valence-electron chi connectivity index (χ4n) is 2.59. The number of rotatable bonds is 5. The van der Waals surface area contributed by atoms with Crippen LogP contribution in [-0.4, -0.2) is 29.8 Å².